The number of hydrogen-bond acceptors (Lipinski definition) is 1. The number of nitrogens with zero attached hydrogens (tertiary/aromatic N) is 1. The molecule has 0 aromatic rings. The molecule has 0 aliphatic heterocycles. The number of rotatable bonds is 5. The molecule has 0 spiro atoms. The van der Waals surface area contributed by atoms with E-state index in [1.807, 2.05) is 26.8 Å². The second kappa shape index (κ2) is 6.46. The maximum absolute atomic E-state index is 11.5. The van der Waals surface area contributed by atoms with E-state index in [1.54, 1.807) is 11.0 Å². The minimum absolute atomic E-state index is 0.195. The predicted molar refractivity (Wildman–Crippen MR) is 56.2 cm³/mol. The molecule has 74 valence electrons. The number of allylic oxidation sites excluding steroid dienone is 3. The summed E-state index contributed by atoms with van der Waals surface area (Å²) in [7, 11) is 0. The predicted octanol–water partition coefficient (Wildman–Crippen LogP) is 2.72. The number of hydrogen-bond donors (Lipinski definition) is 0. The third kappa shape index (κ3) is 3.92. The maximum Gasteiger partial charge on any atom is 0.226 e. The zero-order valence-corrected chi connectivity index (χ0v) is 8.84. The van der Waals surface area contributed by atoms with E-state index >= 15 is 0 Å². The molecule has 2 nitrogen and oxygen atoms in total. The van der Waals surface area contributed by atoms with Gasteiger partial charge in [0.25, 0.3) is 0 Å². The molecule has 0 unspecified atom stereocenters. The first-order valence-electron chi connectivity index (χ1n) is 4.77. The summed E-state index contributed by atoms with van der Waals surface area (Å²) in [5.41, 5.74) is 0.968. The third-order valence-corrected chi connectivity index (χ3v) is 1.87. The van der Waals surface area contributed by atoms with Crippen molar-refractivity contribution in [3.8, 4) is 0 Å². The summed E-state index contributed by atoms with van der Waals surface area (Å²) in [5, 5.41) is 0. The molecule has 0 bridgehead atoms. The highest BCUT2D eigenvalue weighted by atomic mass is 16.2. The molecule has 1 amide bonds. The second-order valence-corrected chi connectivity index (χ2v) is 2.93. The molecule has 0 atom stereocenters. The van der Waals surface area contributed by atoms with Crippen molar-refractivity contribution in [3.05, 3.63) is 24.4 Å². The molecule has 0 saturated carbocycles. The molecule has 0 aromatic carbocycles. The third-order valence-electron chi connectivity index (χ3n) is 1.87. The van der Waals surface area contributed by atoms with Crippen molar-refractivity contribution in [2.75, 3.05) is 6.54 Å². The van der Waals surface area contributed by atoms with Crippen molar-refractivity contribution in [2.24, 2.45) is 0 Å². The Labute approximate surface area is 80.9 Å². The first-order chi connectivity index (χ1) is 6.17. The van der Waals surface area contributed by atoms with Crippen LogP contribution in [-0.2, 0) is 4.79 Å². The van der Waals surface area contributed by atoms with Crippen molar-refractivity contribution in [2.45, 2.75) is 33.6 Å². The van der Waals surface area contributed by atoms with Crippen LogP contribution in [-0.4, -0.2) is 17.4 Å². The summed E-state index contributed by atoms with van der Waals surface area (Å²) in [6, 6.07) is 0. The van der Waals surface area contributed by atoms with Gasteiger partial charge in [-0.05, 0) is 26.3 Å². The summed E-state index contributed by atoms with van der Waals surface area (Å²) in [6.07, 6.45) is 5.08. The number of amides is 1. The largest absolute Gasteiger partial charge is 0.317 e. The Kier molecular flexibility index (Phi) is 5.94. The molecule has 0 aliphatic rings. The lowest BCUT2D eigenvalue weighted by atomic mass is 10.2. The number of carbonyl (C=O) groups is 1. The minimum atomic E-state index is 0.195. The average Bonchev–Trinajstić information content (AvgIpc) is 2.06. The van der Waals surface area contributed by atoms with Crippen LogP contribution in [0, 0.1) is 0 Å². The van der Waals surface area contributed by atoms with E-state index in [0.717, 1.165) is 18.7 Å². The Morgan fingerprint density at radius 3 is 2.46 bits per heavy atom. The Balaban J connectivity index is 4.40. The van der Waals surface area contributed by atoms with Crippen molar-refractivity contribution in [1.82, 2.24) is 4.90 Å². The highest BCUT2D eigenvalue weighted by Gasteiger charge is 2.10. The SMILES string of the molecule is C=C/C=C(\C)N(CC)C(=O)CCC. The lowest BCUT2D eigenvalue weighted by Crippen LogP contribution is -2.28. The maximum atomic E-state index is 11.5. The van der Waals surface area contributed by atoms with Crippen molar-refractivity contribution in [1.29, 1.82) is 0 Å². The lowest BCUT2D eigenvalue weighted by molar-refractivity contribution is -0.129. The molecule has 2 heteroatoms. The van der Waals surface area contributed by atoms with Gasteiger partial charge in [0.05, 0.1) is 0 Å². The minimum Gasteiger partial charge on any atom is -0.317 e. The summed E-state index contributed by atoms with van der Waals surface area (Å²) < 4.78 is 0. The van der Waals surface area contributed by atoms with Crippen LogP contribution in [0.4, 0.5) is 0 Å². The number of carbonyl (C=O) groups excluding carboxylic acids is 1. The van der Waals surface area contributed by atoms with Crippen molar-refractivity contribution in [3.63, 3.8) is 0 Å². The zero-order valence-electron chi connectivity index (χ0n) is 8.84. The van der Waals surface area contributed by atoms with Crippen LogP contribution in [0.3, 0.4) is 0 Å². The fourth-order valence-corrected chi connectivity index (χ4v) is 1.23. The van der Waals surface area contributed by atoms with Crippen LogP contribution < -0.4 is 0 Å². The quantitative estimate of drug-likeness (QED) is 0.597. The van der Waals surface area contributed by atoms with E-state index in [4.69, 9.17) is 0 Å². The molecule has 13 heavy (non-hydrogen) atoms. The first-order valence-corrected chi connectivity index (χ1v) is 4.77. The van der Waals surface area contributed by atoms with E-state index in [0.29, 0.717) is 6.42 Å². The topological polar surface area (TPSA) is 20.3 Å². The summed E-state index contributed by atoms with van der Waals surface area (Å²) in [4.78, 5) is 13.3. The van der Waals surface area contributed by atoms with E-state index in [9.17, 15) is 4.79 Å². The van der Waals surface area contributed by atoms with Gasteiger partial charge in [0.15, 0.2) is 0 Å². The summed E-state index contributed by atoms with van der Waals surface area (Å²) in [6.45, 7) is 10.3. The van der Waals surface area contributed by atoms with Gasteiger partial charge in [0.2, 0.25) is 5.91 Å². The van der Waals surface area contributed by atoms with E-state index in [-0.39, 0.29) is 5.91 Å². The van der Waals surface area contributed by atoms with Gasteiger partial charge in [0, 0.05) is 18.7 Å². The van der Waals surface area contributed by atoms with Crippen LogP contribution in [0.25, 0.3) is 0 Å². The second-order valence-electron chi connectivity index (χ2n) is 2.93. The molecule has 0 aliphatic carbocycles. The fraction of sp³-hybridized carbons (Fsp3) is 0.545. The van der Waals surface area contributed by atoms with Gasteiger partial charge in [-0.1, -0.05) is 19.6 Å². The Bertz CT molecular complexity index is 206. The normalized spacial score (nSPS) is 11.2. The van der Waals surface area contributed by atoms with Gasteiger partial charge in [-0.15, -0.1) is 0 Å². The Morgan fingerprint density at radius 2 is 2.08 bits per heavy atom. The Hall–Kier alpha value is -1.05. The van der Waals surface area contributed by atoms with Gasteiger partial charge in [-0.2, -0.15) is 0 Å². The van der Waals surface area contributed by atoms with Crippen LogP contribution in [0.2, 0.25) is 0 Å². The molecular weight excluding hydrogens is 162 g/mol. The molecule has 0 rings (SSSR count). The van der Waals surface area contributed by atoms with Crippen LogP contribution in [0.1, 0.15) is 33.6 Å². The average molecular weight is 181 g/mol. The molecule has 0 N–H and O–H groups in total. The van der Waals surface area contributed by atoms with Gasteiger partial charge in [-0.25, -0.2) is 0 Å². The van der Waals surface area contributed by atoms with Gasteiger partial charge in [0.1, 0.15) is 0 Å². The first kappa shape index (κ1) is 11.9. The highest BCUT2D eigenvalue weighted by molar-refractivity contribution is 5.77. The standard InChI is InChI=1S/C11H19NO/c1-5-8-10(4)12(7-3)11(13)9-6-2/h5,8H,1,6-7,9H2,2-4H3/b10-8+. The van der Waals surface area contributed by atoms with E-state index < -0.39 is 0 Å². The zero-order chi connectivity index (χ0) is 10.3. The molecule has 0 saturated heterocycles. The van der Waals surface area contributed by atoms with E-state index in [2.05, 4.69) is 6.58 Å². The van der Waals surface area contributed by atoms with Crippen molar-refractivity contribution >= 4 is 5.91 Å². The molecule has 0 fully saturated rings. The smallest absolute Gasteiger partial charge is 0.226 e. The van der Waals surface area contributed by atoms with E-state index in [1.165, 1.54) is 0 Å². The van der Waals surface area contributed by atoms with Gasteiger partial charge >= 0.3 is 0 Å². The van der Waals surface area contributed by atoms with Crippen LogP contribution >= 0.6 is 0 Å². The summed E-state index contributed by atoms with van der Waals surface area (Å²) in [5.74, 6) is 0.195. The lowest BCUT2D eigenvalue weighted by Gasteiger charge is -2.21. The van der Waals surface area contributed by atoms with Crippen LogP contribution in [0.5, 0.6) is 0 Å². The van der Waals surface area contributed by atoms with Crippen LogP contribution in [0.15, 0.2) is 24.4 Å². The highest BCUT2D eigenvalue weighted by Crippen LogP contribution is 2.06. The molecule has 0 heterocycles. The van der Waals surface area contributed by atoms with Gasteiger partial charge in [-0.3, -0.25) is 4.79 Å². The van der Waals surface area contributed by atoms with Crippen molar-refractivity contribution < 1.29 is 4.79 Å². The summed E-state index contributed by atoms with van der Waals surface area (Å²) >= 11 is 0. The fourth-order valence-electron chi connectivity index (χ4n) is 1.23. The Morgan fingerprint density at radius 1 is 1.46 bits per heavy atom. The molecule has 0 aromatic heterocycles. The molecular formula is C11H19NO. The molecule has 0 radical (unpaired) electrons. The monoisotopic (exact) mass is 181 g/mol. The van der Waals surface area contributed by atoms with Gasteiger partial charge < -0.3 is 4.90 Å².